The summed E-state index contributed by atoms with van der Waals surface area (Å²) in [5, 5.41) is 2.19. The lowest BCUT2D eigenvalue weighted by Gasteiger charge is -2.23. The quantitative estimate of drug-likeness (QED) is 0.761. The summed E-state index contributed by atoms with van der Waals surface area (Å²) in [6.45, 7) is 5.22. The fourth-order valence-electron chi connectivity index (χ4n) is 2.16. The summed E-state index contributed by atoms with van der Waals surface area (Å²) >= 11 is 1.75. The van der Waals surface area contributed by atoms with Gasteiger partial charge in [0.25, 0.3) is 0 Å². The molecular formula is C14H21N3S. The SMILES string of the molecule is CS/C=C(\C)C1=CN=C(N2C=C(C)N(C)C2)CC1. The third-order valence-corrected chi connectivity index (χ3v) is 4.02. The molecule has 0 spiro atoms. The smallest absolute Gasteiger partial charge is 0.110 e. The van der Waals surface area contributed by atoms with Crippen molar-refractivity contribution in [2.45, 2.75) is 26.7 Å². The van der Waals surface area contributed by atoms with Gasteiger partial charge in [-0.15, -0.1) is 11.8 Å². The summed E-state index contributed by atoms with van der Waals surface area (Å²) in [6, 6.07) is 0. The van der Waals surface area contributed by atoms with Gasteiger partial charge in [-0.3, -0.25) is 0 Å². The number of allylic oxidation sites excluding steroid dienone is 3. The van der Waals surface area contributed by atoms with Crippen LogP contribution in [0.1, 0.15) is 26.7 Å². The maximum atomic E-state index is 4.62. The lowest BCUT2D eigenvalue weighted by Crippen LogP contribution is -2.29. The lowest BCUT2D eigenvalue weighted by molar-refractivity contribution is 0.364. The Bertz CT molecular complexity index is 446. The van der Waals surface area contributed by atoms with Crippen molar-refractivity contribution in [2.24, 2.45) is 4.99 Å². The lowest BCUT2D eigenvalue weighted by atomic mass is 10.0. The molecule has 0 aromatic heterocycles. The first kappa shape index (κ1) is 13.3. The van der Waals surface area contributed by atoms with E-state index in [4.69, 9.17) is 0 Å². The van der Waals surface area contributed by atoms with Crippen molar-refractivity contribution in [1.82, 2.24) is 9.80 Å². The van der Waals surface area contributed by atoms with Crippen LogP contribution >= 0.6 is 11.8 Å². The van der Waals surface area contributed by atoms with Crippen molar-refractivity contribution in [3.8, 4) is 0 Å². The van der Waals surface area contributed by atoms with Crippen LogP contribution in [-0.2, 0) is 0 Å². The van der Waals surface area contributed by atoms with Crippen LogP contribution in [0.25, 0.3) is 0 Å². The van der Waals surface area contributed by atoms with Crippen LogP contribution in [-0.4, -0.2) is 35.6 Å². The summed E-state index contributed by atoms with van der Waals surface area (Å²) in [4.78, 5) is 9.11. The molecule has 2 heterocycles. The summed E-state index contributed by atoms with van der Waals surface area (Å²) in [6.07, 6.45) is 8.43. The van der Waals surface area contributed by atoms with Crippen molar-refractivity contribution >= 4 is 17.6 Å². The third-order valence-electron chi connectivity index (χ3n) is 3.43. The molecule has 0 radical (unpaired) electrons. The fraction of sp³-hybridized carbons (Fsp3) is 0.500. The second kappa shape index (κ2) is 5.65. The average Bonchev–Trinajstić information content (AvgIpc) is 2.70. The normalized spacial score (nSPS) is 20.9. The Morgan fingerprint density at radius 2 is 2.22 bits per heavy atom. The summed E-state index contributed by atoms with van der Waals surface area (Å²) in [5.41, 5.74) is 4.00. The molecular weight excluding hydrogens is 242 g/mol. The molecule has 0 N–H and O–H groups in total. The first-order valence-electron chi connectivity index (χ1n) is 6.23. The molecule has 0 unspecified atom stereocenters. The molecule has 0 aromatic carbocycles. The summed E-state index contributed by atoms with van der Waals surface area (Å²) in [7, 11) is 2.11. The monoisotopic (exact) mass is 263 g/mol. The Morgan fingerprint density at radius 3 is 2.72 bits per heavy atom. The molecule has 98 valence electrons. The number of hydrogen-bond donors (Lipinski definition) is 0. The summed E-state index contributed by atoms with van der Waals surface area (Å²) in [5.74, 6) is 1.18. The van der Waals surface area contributed by atoms with Crippen molar-refractivity contribution in [2.75, 3.05) is 20.0 Å². The van der Waals surface area contributed by atoms with E-state index in [-0.39, 0.29) is 0 Å². The van der Waals surface area contributed by atoms with Crippen LogP contribution in [0.2, 0.25) is 0 Å². The van der Waals surface area contributed by atoms with Crippen LogP contribution in [0.4, 0.5) is 0 Å². The molecule has 3 nitrogen and oxygen atoms in total. The van der Waals surface area contributed by atoms with E-state index >= 15 is 0 Å². The number of nitrogens with zero attached hydrogens (tertiary/aromatic N) is 3. The van der Waals surface area contributed by atoms with Gasteiger partial charge in [0, 0.05) is 31.6 Å². The Kier molecular flexibility index (Phi) is 4.17. The van der Waals surface area contributed by atoms with E-state index in [0.29, 0.717) is 0 Å². The molecule has 2 rings (SSSR count). The van der Waals surface area contributed by atoms with Crippen LogP contribution in [0.5, 0.6) is 0 Å². The van der Waals surface area contributed by atoms with E-state index in [0.717, 1.165) is 19.5 Å². The molecule has 2 aliphatic heterocycles. The van der Waals surface area contributed by atoms with Crippen molar-refractivity contribution in [3.63, 3.8) is 0 Å². The van der Waals surface area contributed by atoms with Crippen molar-refractivity contribution in [3.05, 3.63) is 34.7 Å². The van der Waals surface area contributed by atoms with E-state index < -0.39 is 0 Å². The van der Waals surface area contributed by atoms with E-state index in [1.165, 1.54) is 22.7 Å². The first-order valence-corrected chi connectivity index (χ1v) is 7.52. The Balaban J connectivity index is 2.09. The molecule has 0 saturated heterocycles. The number of rotatable bonds is 2. The van der Waals surface area contributed by atoms with Gasteiger partial charge in [0.2, 0.25) is 0 Å². The standard InChI is InChI=1S/C14H21N3S/c1-11(9-18-4)13-5-6-14(15-7-13)17-8-12(2)16(3)10-17/h7-9H,5-6,10H2,1-4H3/b11-9+. The molecule has 4 heteroatoms. The fourth-order valence-corrected chi connectivity index (χ4v) is 2.66. The average molecular weight is 263 g/mol. The van der Waals surface area contributed by atoms with E-state index in [2.05, 4.69) is 53.6 Å². The van der Waals surface area contributed by atoms with Crippen LogP contribution < -0.4 is 0 Å². The van der Waals surface area contributed by atoms with Gasteiger partial charge in [-0.1, -0.05) is 0 Å². The van der Waals surface area contributed by atoms with Crippen LogP contribution in [0.15, 0.2) is 39.6 Å². The van der Waals surface area contributed by atoms with Crippen molar-refractivity contribution < 1.29 is 0 Å². The largest absolute Gasteiger partial charge is 0.359 e. The zero-order chi connectivity index (χ0) is 13.1. The number of aliphatic imine (C=N–C) groups is 1. The van der Waals surface area contributed by atoms with Gasteiger partial charge in [-0.25, -0.2) is 4.99 Å². The highest BCUT2D eigenvalue weighted by molar-refractivity contribution is 8.01. The Morgan fingerprint density at radius 1 is 1.44 bits per heavy atom. The zero-order valence-corrected chi connectivity index (χ0v) is 12.4. The van der Waals surface area contributed by atoms with Gasteiger partial charge in [0.05, 0.1) is 6.67 Å². The molecule has 0 aromatic rings. The molecule has 0 bridgehead atoms. The predicted octanol–water partition coefficient (Wildman–Crippen LogP) is 3.40. The maximum absolute atomic E-state index is 4.62. The third kappa shape index (κ3) is 2.80. The number of amidine groups is 1. The second-order valence-corrected chi connectivity index (χ2v) is 5.52. The minimum absolute atomic E-state index is 0.924. The van der Waals surface area contributed by atoms with E-state index in [1.807, 2.05) is 6.20 Å². The zero-order valence-electron chi connectivity index (χ0n) is 11.6. The maximum Gasteiger partial charge on any atom is 0.110 e. The Hall–Kier alpha value is -1.16. The predicted molar refractivity (Wildman–Crippen MR) is 80.3 cm³/mol. The number of thioether (sulfide) groups is 1. The van der Waals surface area contributed by atoms with E-state index in [9.17, 15) is 0 Å². The van der Waals surface area contributed by atoms with Gasteiger partial charge in [0.1, 0.15) is 5.84 Å². The molecule has 18 heavy (non-hydrogen) atoms. The highest BCUT2D eigenvalue weighted by Crippen LogP contribution is 2.24. The van der Waals surface area contributed by atoms with Gasteiger partial charge in [-0.2, -0.15) is 0 Å². The molecule has 0 saturated carbocycles. The van der Waals surface area contributed by atoms with Crippen molar-refractivity contribution in [1.29, 1.82) is 0 Å². The summed E-state index contributed by atoms with van der Waals surface area (Å²) < 4.78 is 0. The molecule has 0 atom stereocenters. The van der Waals surface area contributed by atoms with Gasteiger partial charge in [0.15, 0.2) is 0 Å². The molecule has 0 aliphatic carbocycles. The second-order valence-electron chi connectivity index (χ2n) is 4.82. The van der Waals surface area contributed by atoms with Crippen LogP contribution in [0, 0.1) is 0 Å². The van der Waals surface area contributed by atoms with E-state index in [1.54, 1.807) is 11.8 Å². The van der Waals surface area contributed by atoms with Gasteiger partial charge >= 0.3 is 0 Å². The minimum Gasteiger partial charge on any atom is -0.359 e. The van der Waals surface area contributed by atoms with Gasteiger partial charge < -0.3 is 9.80 Å². The Labute approximate surface area is 114 Å². The molecule has 0 amide bonds. The highest BCUT2D eigenvalue weighted by atomic mass is 32.2. The molecule has 2 aliphatic rings. The topological polar surface area (TPSA) is 18.8 Å². The highest BCUT2D eigenvalue weighted by Gasteiger charge is 2.20. The van der Waals surface area contributed by atoms with Crippen LogP contribution in [0.3, 0.4) is 0 Å². The van der Waals surface area contributed by atoms with Gasteiger partial charge in [-0.05, 0) is 43.1 Å². The minimum atomic E-state index is 0.924. The number of hydrogen-bond acceptors (Lipinski definition) is 4. The molecule has 0 fully saturated rings. The first-order chi connectivity index (χ1) is 8.61.